The van der Waals surface area contributed by atoms with Crippen LogP contribution in [0, 0.1) is 11.7 Å². The fraction of sp³-hybridized carbons (Fsp3) is 0.533. The van der Waals surface area contributed by atoms with E-state index in [0.29, 0.717) is 18.9 Å². The molecule has 0 bridgehead atoms. The van der Waals surface area contributed by atoms with Crippen molar-refractivity contribution in [3.8, 4) is 0 Å². The van der Waals surface area contributed by atoms with Crippen LogP contribution in [0.4, 0.5) is 4.39 Å². The zero-order valence-corrected chi connectivity index (χ0v) is 12.0. The first-order valence-corrected chi connectivity index (χ1v) is 6.89. The molecule has 0 saturated carbocycles. The Balaban J connectivity index is 2.44. The lowest BCUT2D eigenvalue weighted by molar-refractivity contribution is 0.606. The zero-order chi connectivity index (χ0) is 14.1. The minimum absolute atomic E-state index is 0.145. The molecule has 0 aliphatic rings. The van der Waals surface area contributed by atoms with E-state index in [1.807, 2.05) is 19.1 Å². The predicted molar refractivity (Wildman–Crippen MR) is 78.9 cm³/mol. The highest BCUT2D eigenvalue weighted by Crippen LogP contribution is 2.06. The van der Waals surface area contributed by atoms with Gasteiger partial charge < -0.3 is 10.6 Å². The first kappa shape index (κ1) is 15.5. The number of benzene rings is 1. The molecule has 0 aromatic heterocycles. The summed E-state index contributed by atoms with van der Waals surface area (Å²) >= 11 is 0. The van der Waals surface area contributed by atoms with Crippen molar-refractivity contribution in [2.24, 2.45) is 10.9 Å². The van der Waals surface area contributed by atoms with Gasteiger partial charge in [0.2, 0.25) is 0 Å². The summed E-state index contributed by atoms with van der Waals surface area (Å²) in [5, 5.41) is 6.41. The second-order valence-electron chi connectivity index (χ2n) is 4.88. The van der Waals surface area contributed by atoms with Gasteiger partial charge in [-0.25, -0.2) is 4.39 Å². The summed E-state index contributed by atoms with van der Waals surface area (Å²) in [6.07, 6.45) is 0.652. The van der Waals surface area contributed by atoms with E-state index in [0.717, 1.165) is 24.6 Å². The SMILES string of the molecule is CCNC(=NCC(C)C)NCCc1ccccc1F. The van der Waals surface area contributed by atoms with Crippen LogP contribution < -0.4 is 10.6 Å². The van der Waals surface area contributed by atoms with Crippen molar-refractivity contribution in [1.29, 1.82) is 0 Å². The van der Waals surface area contributed by atoms with Crippen LogP contribution in [0.25, 0.3) is 0 Å². The second kappa shape index (κ2) is 8.51. The summed E-state index contributed by atoms with van der Waals surface area (Å²) in [7, 11) is 0. The molecule has 0 saturated heterocycles. The van der Waals surface area contributed by atoms with E-state index in [1.54, 1.807) is 6.07 Å². The molecule has 2 N–H and O–H groups in total. The molecule has 0 fully saturated rings. The second-order valence-corrected chi connectivity index (χ2v) is 4.88. The van der Waals surface area contributed by atoms with Gasteiger partial charge in [-0.1, -0.05) is 32.0 Å². The van der Waals surface area contributed by atoms with Gasteiger partial charge in [0.15, 0.2) is 5.96 Å². The molecule has 1 aromatic rings. The van der Waals surface area contributed by atoms with Crippen molar-refractivity contribution in [1.82, 2.24) is 10.6 Å². The normalized spacial score (nSPS) is 11.7. The molecule has 0 amide bonds. The number of aliphatic imine (C=N–C) groups is 1. The molecule has 0 unspecified atom stereocenters. The maximum absolute atomic E-state index is 13.4. The lowest BCUT2D eigenvalue weighted by Crippen LogP contribution is -2.38. The number of halogens is 1. The van der Waals surface area contributed by atoms with Crippen LogP contribution in [0.5, 0.6) is 0 Å². The summed E-state index contributed by atoms with van der Waals surface area (Å²) in [4.78, 5) is 4.47. The molecule has 106 valence electrons. The molecule has 0 aliphatic carbocycles. The Labute approximate surface area is 115 Å². The summed E-state index contributed by atoms with van der Waals surface area (Å²) in [5.41, 5.74) is 0.731. The minimum atomic E-state index is -0.145. The molecule has 0 atom stereocenters. The number of nitrogens with zero attached hydrogens (tertiary/aromatic N) is 1. The molecule has 3 nitrogen and oxygen atoms in total. The van der Waals surface area contributed by atoms with Gasteiger partial charge >= 0.3 is 0 Å². The molecular formula is C15H24FN3. The van der Waals surface area contributed by atoms with Crippen molar-refractivity contribution in [3.63, 3.8) is 0 Å². The van der Waals surface area contributed by atoms with Gasteiger partial charge in [0.25, 0.3) is 0 Å². The summed E-state index contributed by atoms with van der Waals surface area (Å²) in [6.45, 7) is 8.58. The maximum atomic E-state index is 13.4. The molecule has 0 aliphatic heterocycles. The van der Waals surface area contributed by atoms with Crippen LogP contribution in [-0.2, 0) is 6.42 Å². The number of hydrogen-bond acceptors (Lipinski definition) is 1. The van der Waals surface area contributed by atoms with Gasteiger partial charge in [-0.15, -0.1) is 0 Å². The highest BCUT2D eigenvalue weighted by molar-refractivity contribution is 5.79. The Hall–Kier alpha value is -1.58. The third kappa shape index (κ3) is 6.22. The van der Waals surface area contributed by atoms with E-state index in [1.165, 1.54) is 6.07 Å². The van der Waals surface area contributed by atoms with Gasteiger partial charge in [-0.05, 0) is 30.9 Å². The molecular weight excluding hydrogens is 241 g/mol. The molecule has 0 spiro atoms. The molecule has 0 heterocycles. The van der Waals surface area contributed by atoms with Gasteiger partial charge in [0.05, 0.1) is 0 Å². The summed E-state index contributed by atoms with van der Waals surface area (Å²) in [6, 6.07) is 6.87. The highest BCUT2D eigenvalue weighted by atomic mass is 19.1. The van der Waals surface area contributed by atoms with E-state index in [-0.39, 0.29) is 5.82 Å². The van der Waals surface area contributed by atoms with E-state index in [2.05, 4.69) is 29.5 Å². The topological polar surface area (TPSA) is 36.4 Å². The van der Waals surface area contributed by atoms with Gasteiger partial charge in [-0.2, -0.15) is 0 Å². The quantitative estimate of drug-likeness (QED) is 0.612. The molecule has 1 rings (SSSR count). The lowest BCUT2D eigenvalue weighted by atomic mass is 10.1. The predicted octanol–water partition coefficient (Wildman–Crippen LogP) is 2.58. The maximum Gasteiger partial charge on any atom is 0.191 e. The molecule has 1 aromatic carbocycles. The van der Waals surface area contributed by atoms with E-state index in [9.17, 15) is 4.39 Å². The van der Waals surface area contributed by atoms with E-state index < -0.39 is 0 Å². The minimum Gasteiger partial charge on any atom is -0.357 e. The molecule has 4 heteroatoms. The Morgan fingerprint density at radius 1 is 1.26 bits per heavy atom. The fourth-order valence-electron chi connectivity index (χ4n) is 1.63. The first-order valence-electron chi connectivity index (χ1n) is 6.89. The van der Waals surface area contributed by atoms with Crippen LogP contribution in [0.1, 0.15) is 26.3 Å². The van der Waals surface area contributed by atoms with Crippen molar-refractivity contribution in [3.05, 3.63) is 35.6 Å². The largest absolute Gasteiger partial charge is 0.357 e. The van der Waals surface area contributed by atoms with Gasteiger partial charge in [0, 0.05) is 19.6 Å². The first-order chi connectivity index (χ1) is 9.13. The van der Waals surface area contributed by atoms with Crippen LogP contribution in [-0.4, -0.2) is 25.6 Å². The summed E-state index contributed by atoms with van der Waals surface area (Å²) < 4.78 is 13.4. The van der Waals surface area contributed by atoms with Crippen LogP contribution >= 0.6 is 0 Å². The van der Waals surface area contributed by atoms with E-state index >= 15 is 0 Å². The lowest BCUT2D eigenvalue weighted by Gasteiger charge is -2.12. The van der Waals surface area contributed by atoms with E-state index in [4.69, 9.17) is 0 Å². The van der Waals surface area contributed by atoms with Crippen molar-refractivity contribution >= 4 is 5.96 Å². The van der Waals surface area contributed by atoms with Crippen molar-refractivity contribution < 1.29 is 4.39 Å². The molecule has 19 heavy (non-hydrogen) atoms. The van der Waals surface area contributed by atoms with Crippen molar-refractivity contribution in [2.45, 2.75) is 27.2 Å². The Morgan fingerprint density at radius 2 is 2.00 bits per heavy atom. The fourth-order valence-corrected chi connectivity index (χ4v) is 1.63. The Bertz CT molecular complexity index is 402. The third-order valence-corrected chi connectivity index (χ3v) is 2.60. The monoisotopic (exact) mass is 265 g/mol. The van der Waals surface area contributed by atoms with Crippen LogP contribution in [0.2, 0.25) is 0 Å². The number of nitrogens with one attached hydrogen (secondary N) is 2. The van der Waals surface area contributed by atoms with Gasteiger partial charge in [0.1, 0.15) is 5.82 Å². The zero-order valence-electron chi connectivity index (χ0n) is 12.0. The Kier molecular flexibility index (Phi) is 6.93. The smallest absolute Gasteiger partial charge is 0.191 e. The average Bonchev–Trinajstić information content (AvgIpc) is 2.38. The standard InChI is InChI=1S/C15H24FN3/c1-4-17-15(19-11-12(2)3)18-10-9-13-7-5-6-8-14(13)16/h5-8,12H,4,9-11H2,1-3H3,(H2,17,18,19). The van der Waals surface area contributed by atoms with Crippen LogP contribution in [0.15, 0.2) is 29.3 Å². The number of hydrogen-bond donors (Lipinski definition) is 2. The van der Waals surface area contributed by atoms with Crippen LogP contribution in [0.3, 0.4) is 0 Å². The van der Waals surface area contributed by atoms with Gasteiger partial charge in [-0.3, -0.25) is 4.99 Å². The number of rotatable bonds is 6. The highest BCUT2D eigenvalue weighted by Gasteiger charge is 2.02. The third-order valence-electron chi connectivity index (χ3n) is 2.60. The Morgan fingerprint density at radius 3 is 2.63 bits per heavy atom. The molecule has 0 radical (unpaired) electrons. The number of guanidine groups is 1. The van der Waals surface area contributed by atoms with Crippen molar-refractivity contribution in [2.75, 3.05) is 19.6 Å². The summed E-state index contributed by atoms with van der Waals surface area (Å²) in [5.74, 6) is 1.18. The average molecular weight is 265 g/mol.